The largest absolute Gasteiger partial charge is 0.504 e. The third-order valence-corrected chi connectivity index (χ3v) is 0.461. The number of carbonyl (C=O) groups excluding carboxylic acids is 1. The van der Waals surface area contributed by atoms with Gasteiger partial charge in [0.2, 0.25) is 5.24 Å². The lowest BCUT2D eigenvalue weighted by molar-refractivity contribution is -0.107. The highest BCUT2D eigenvalue weighted by atomic mass is 35.5. The maximum absolute atomic E-state index is 9.80. The highest BCUT2D eigenvalue weighted by molar-refractivity contribution is 6.66. The predicted octanol–water partition coefficient (Wildman–Crippen LogP) is 0.912. The van der Waals surface area contributed by atoms with E-state index in [2.05, 4.69) is 4.74 Å². The lowest BCUT2D eigenvalue weighted by atomic mass is 10.7. The van der Waals surface area contributed by atoms with E-state index in [0.717, 1.165) is 6.08 Å². The molecule has 0 atom stereocenters. The predicted molar refractivity (Wildman–Crippen MR) is 27.0 cm³/mol. The van der Waals surface area contributed by atoms with Gasteiger partial charge in [-0.1, -0.05) is 0 Å². The monoisotopic (exact) mass is 120 g/mol. The zero-order valence-electron chi connectivity index (χ0n) is 3.85. The van der Waals surface area contributed by atoms with Crippen LogP contribution >= 0.6 is 11.6 Å². The Bertz CT molecular complexity index is 87.7. The molecule has 0 rings (SSSR count). The number of hydrogen-bond acceptors (Lipinski definition) is 2. The lowest BCUT2D eigenvalue weighted by Crippen LogP contribution is -1.74. The van der Waals surface area contributed by atoms with Crippen LogP contribution in [0.5, 0.6) is 0 Å². The Morgan fingerprint density at radius 3 is 2.57 bits per heavy atom. The minimum absolute atomic E-state index is 0.526. The van der Waals surface area contributed by atoms with Crippen molar-refractivity contribution in [2.45, 2.75) is 0 Å². The third kappa shape index (κ3) is 5.50. The number of allylic oxidation sites excluding steroid dienone is 1. The maximum atomic E-state index is 9.80. The van der Waals surface area contributed by atoms with E-state index in [1.54, 1.807) is 0 Å². The van der Waals surface area contributed by atoms with Crippen LogP contribution in [-0.2, 0) is 9.53 Å². The Labute approximate surface area is 46.7 Å². The SMILES string of the molecule is COC=CC(=O)Cl. The van der Waals surface area contributed by atoms with Crippen LogP contribution in [0.4, 0.5) is 0 Å². The highest BCUT2D eigenvalue weighted by Gasteiger charge is 1.80. The molecule has 0 aliphatic heterocycles. The summed E-state index contributed by atoms with van der Waals surface area (Å²) in [6.45, 7) is 0. The average molecular weight is 121 g/mol. The van der Waals surface area contributed by atoms with Crippen LogP contribution < -0.4 is 0 Å². The molecule has 40 valence electrons. The van der Waals surface area contributed by atoms with Gasteiger partial charge in [0.25, 0.3) is 0 Å². The summed E-state index contributed by atoms with van der Waals surface area (Å²) in [5, 5.41) is -0.526. The van der Waals surface area contributed by atoms with E-state index in [1.807, 2.05) is 0 Å². The van der Waals surface area contributed by atoms with Crippen molar-refractivity contribution < 1.29 is 9.53 Å². The van der Waals surface area contributed by atoms with Crippen LogP contribution in [0.25, 0.3) is 0 Å². The molecule has 0 aromatic heterocycles. The first-order valence-electron chi connectivity index (χ1n) is 1.66. The van der Waals surface area contributed by atoms with E-state index < -0.39 is 5.24 Å². The zero-order chi connectivity index (χ0) is 5.70. The van der Waals surface area contributed by atoms with E-state index in [4.69, 9.17) is 11.6 Å². The number of hydrogen-bond donors (Lipinski definition) is 0. The molecule has 0 aromatic carbocycles. The second kappa shape index (κ2) is 3.68. The highest BCUT2D eigenvalue weighted by Crippen LogP contribution is 1.80. The molecule has 0 amide bonds. The summed E-state index contributed by atoms with van der Waals surface area (Å²) in [5.41, 5.74) is 0. The summed E-state index contributed by atoms with van der Waals surface area (Å²) in [4.78, 5) is 9.80. The molecular weight excluding hydrogens is 115 g/mol. The minimum Gasteiger partial charge on any atom is -0.504 e. The van der Waals surface area contributed by atoms with Crippen LogP contribution in [0.3, 0.4) is 0 Å². The fourth-order valence-electron chi connectivity index (χ4n) is 0.122. The smallest absolute Gasteiger partial charge is 0.248 e. The normalized spacial score (nSPS) is 9.43. The number of carbonyl (C=O) groups is 1. The van der Waals surface area contributed by atoms with Gasteiger partial charge >= 0.3 is 0 Å². The van der Waals surface area contributed by atoms with Gasteiger partial charge in [-0.15, -0.1) is 0 Å². The Morgan fingerprint density at radius 1 is 1.86 bits per heavy atom. The summed E-state index contributed by atoms with van der Waals surface area (Å²) >= 11 is 4.85. The van der Waals surface area contributed by atoms with Crippen LogP contribution in [0.2, 0.25) is 0 Å². The number of ether oxygens (including phenoxy) is 1. The summed E-state index contributed by atoms with van der Waals surface area (Å²) in [7, 11) is 1.44. The molecule has 0 bridgehead atoms. The molecule has 7 heavy (non-hydrogen) atoms. The Hall–Kier alpha value is -0.500. The van der Waals surface area contributed by atoms with Crippen molar-refractivity contribution in [3.8, 4) is 0 Å². The topological polar surface area (TPSA) is 26.3 Å². The molecule has 0 N–H and O–H groups in total. The molecule has 0 aliphatic rings. The minimum atomic E-state index is -0.526. The van der Waals surface area contributed by atoms with Crippen LogP contribution in [0.1, 0.15) is 0 Å². The molecule has 3 heteroatoms. The van der Waals surface area contributed by atoms with Crippen molar-refractivity contribution in [2.75, 3.05) is 7.11 Å². The van der Waals surface area contributed by atoms with Crippen LogP contribution in [-0.4, -0.2) is 12.4 Å². The molecule has 0 radical (unpaired) electrons. The van der Waals surface area contributed by atoms with Gasteiger partial charge in [-0.3, -0.25) is 4.79 Å². The fourth-order valence-corrected chi connectivity index (χ4v) is 0.173. The summed E-state index contributed by atoms with van der Waals surface area (Å²) in [5.74, 6) is 0. The molecule has 0 heterocycles. The molecule has 0 fully saturated rings. The van der Waals surface area contributed by atoms with E-state index in [9.17, 15) is 4.79 Å². The Morgan fingerprint density at radius 2 is 2.43 bits per heavy atom. The standard InChI is InChI=1S/C4H5ClO2/c1-7-3-2-4(5)6/h2-3H,1H3. The Kier molecular flexibility index (Phi) is 3.42. The number of methoxy groups -OCH3 is 1. The molecular formula is C4H5ClO2. The Balaban J connectivity index is 3.26. The van der Waals surface area contributed by atoms with E-state index in [0.29, 0.717) is 0 Å². The quantitative estimate of drug-likeness (QED) is 0.308. The molecule has 0 saturated heterocycles. The van der Waals surface area contributed by atoms with Gasteiger partial charge in [0.05, 0.1) is 13.4 Å². The average Bonchev–Trinajstić information content (AvgIpc) is 1.61. The van der Waals surface area contributed by atoms with Crippen molar-refractivity contribution >= 4 is 16.8 Å². The number of halogens is 1. The van der Waals surface area contributed by atoms with Crippen molar-refractivity contribution in [3.05, 3.63) is 12.3 Å². The van der Waals surface area contributed by atoms with Gasteiger partial charge in [0.1, 0.15) is 0 Å². The molecule has 0 unspecified atom stereocenters. The summed E-state index contributed by atoms with van der Waals surface area (Å²) in [6.07, 6.45) is 2.34. The summed E-state index contributed by atoms with van der Waals surface area (Å²) in [6, 6.07) is 0. The van der Waals surface area contributed by atoms with Crippen molar-refractivity contribution in [2.24, 2.45) is 0 Å². The van der Waals surface area contributed by atoms with Gasteiger partial charge in [0.15, 0.2) is 0 Å². The zero-order valence-corrected chi connectivity index (χ0v) is 4.61. The second-order valence-electron chi connectivity index (χ2n) is 0.843. The van der Waals surface area contributed by atoms with Gasteiger partial charge in [0, 0.05) is 6.08 Å². The van der Waals surface area contributed by atoms with Crippen molar-refractivity contribution in [3.63, 3.8) is 0 Å². The molecule has 0 spiro atoms. The second-order valence-corrected chi connectivity index (χ2v) is 1.22. The van der Waals surface area contributed by atoms with Crippen LogP contribution in [0, 0.1) is 0 Å². The van der Waals surface area contributed by atoms with E-state index in [-0.39, 0.29) is 0 Å². The van der Waals surface area contributed by atoms with Gasteiger partial charge in [-0.25, -0.2) is 0 Å². The first-order chi connectivity index (χ1) is 3.27. The van der Waals surface area contributed by atoms with Gasteiger partial charge in [-0.2, -0.15) is 0 Å². The first-order valence-corrected chi connectivity index (χ1v) is 2.04. The maximum Gasteiger partial charge on any atom is 0.248 e. The van der Waals surface area contributed by atoms with Gasteiger partial charge < -0.3 is 4.74 Å². The number of rotatable bonds is 2. The first kappa shape index (κ1) is 6.50. The third-order valence-electron chi connectivity index (χ3n) is 0.335. The lowest BCUT2D eigenvalue weighted by Gasteiger charge is -1.79. The molecule has 0 saturated carbocycles. The summed E-state index contributed by atoms with van der Waals surface area (Å²) < 4.78 is 4.37. The molecule has 0 aromatic rings. The van der Waals surface area contributed by atoms with E-state index >= 15 is 0 Å². The van der Waals surface area contributed by atoms with Crippen molar-refractivity contribution in [1.29, 1.82) is 0 Å². The van der Waals surface area contributed by atoms with Gasteiger partial charge in [-0.05, 0) is 11.6 Å². The van der Waals surface area contributed by atoms with Crippen molar-refractivity contribution in [1.82, 2.24) is 0 Å². The molecule has 0 aliphatic carbocycles. The van der Waals surface area contributed by atoms with E-state index in [1.165, 1.54) is 13.4 Å². The molecule has 2 nitrogen and oxygen atoms in total. The van der Waals surface area contributed by atoms with Crippen LogP contribution in [0.15, 0.2) is 12.3 Å². The fraction of sp³-hybridized carbons (Fsp3) is 0.250.